The molecule has 0 bridgehead atoms. The molecule has 3 heteroatoms. The summed E-state index contributed by atoms with van der Waals surface area (Å²) >= 11 is 0. The molecule has 1 aliphatic heterocycles. The van der Waals surface area contributed by atoms with Gasteiger partial charge in [0.2, 0.25) is 0 Å². The van der Waals surface area contributed by atoms with Gasteiger partial charge in [-0.05, 0) is 62.5 Å². The van der Waals surface area contributed by atoms with Crippen molar-refractivity contribution in [1.29, 1.82) is 0 Å². The highest BCUT2D eigenvalue weighted by Gasteiger charge is 2.13. The predicted molar refractivity (Wildman–Crippen MR) is 88.9 cm³/mol. The molecule has 1 aromatic carbocycles. The molecule has 3 nitrogen and oxygen atoms in total. The lowest BCUT2D eigenvalue weighted by Crippen LogP contribution is -2.36. The Morgan fingerprint density at radius 1 is 1.24 bits per heavy atom. The Balaban J connectivity index is 1.69. The van der Waals surface area contributed by atoms with Gasteiger partial charge < -0.3 is 15.0 Å². The Kier molecular flexibility index (Phi) is 6.52. The van der Waals surface area contributed by atoms with Crippen LogP contribution in [0.3, 0.4) is 0 Å². The molecule has 2 rings (SSSR count). The second-order valence-corrected chi connectivity index (χ2v) is 6.40. The van der Waals surface area contributed by atoms with E-state index in [0.29, 0.717) is 5.92 Å². The Labute approximate surface area is 129 Å². The summed E-state index contributed by atoms with van der Waals surface area (Å²) in [7, 11) is 1.72. The van der Waals surface area contributed by atoms with Gasteiger partial charge in [0.15, 0.2) is 0 Å². The fourth-order valence-corrected chi connectivity index (χ4v) is 3.16. The van der Waals surface area contributed by atoms with Crippen LogP contribution in [-0.4, -0.2) is 38.2 Å². The van der Waals surface area contributed by atoms with Crippen LogP contribution in [-0.2, 0) is 6.54 Å². The summed E-state index contributed by atoms with van der Waals surface area (Å²) in [5, 5.41) is 3.59. The average Bonchev–Trinajstić information content (AvgIpc) is 2.48. The highest BCUT2D eigenvalue weighted by atomic mass is 16.5. The molecule has 0 radical (unpaired) electrons. The Hall–Kier alpha value is -1.06. The molecular formula is C18H30N2O. The molecule has 1 fully saturated rings. The number of methoxy groups -OCH3 is 1. The van der Waals surface area contributed by atoms with Crippen molar-refractivity contribution in [3.05, 3.63) is 29.3 Å². The first-order valence-corrected chi connectivity index (χ1v) is 8.25. The summed E-state index contributed by atoms with van der Waals surface area (Å²) in [5.41, 5.74) is 2.54. The molecule has 0 saturated carbocycles. The summed E-state index contributed by atoms with van der Waals surface area (Å²) in [6.07, 6.45) is 4.18. The molecule has 1 aliphatic rings. The number of nitrogens with one attached hydrogen (secondary N) is 1. The van der Waals surface area contributed by atoms with E-state index in [9.17, 15) is 0 Å². The maximum absolute atomic E-state index is 5.30. The third kappa shape index (κ3) is 5.33. The number of hydrogen-bond acceptors (Lipinski definition) is 3. The molecule has 0 aromatic heterocycles. The van der Waals surface area contributed by atoms with E-state index in [0.717, 1.165) is 18.8 Å². The Morgan fingerprint density at radius 2 is 2.00 bits per heavy atom. The second-order valence-electron chi connectivity index (χ2n) is 6.40. The first-order valence-electron chi connectivity index (χ1n) is 8.25. The van der Waals surface area contributed by atoms with E-state index < -0.39 is 0 Å². The van der Waals surface area contributed by atoms with Crippen LogP contribution in [0.5, 0.6) is 5.75 Å². The molecule has 21 heavy (non-hydrogen) atoms. The molecule has 1 saturated heterocycles. The van der Waals surface area contributed by atoms with Crippen molar-refractivity contribution >= 4 is 0 Å². The standard InChI is InChI=1S/C18H30N2O/c1-15(14-20-9-5-4-6-10-20)12-19-13-17-7-8-18(21-3)16(2)11-17/h7-8,11,15,19H,4-6,9-10,12-14H2,1-3H3. The number of benzene rings is 1. The Morgan fingerprint density at radius 3 is 2.67 bits per heavy atom. The van der Waals surface area contributed by atoms with Gasteiger partial charge in [0.1, 0.15) is 5.75 Å². The third-order valence-corrected chi connectivity index (χ3v) is 4.30. The van der Waals surface area contributed by atoms with E-state index in [1.807, 2.05) is 0 Å². The Bertz CT molecular complexity index is 427. The lowest BCUT2D eigenvalue weighted by Gasteiger charge is -2.29. The van der Waals surface area contributed by atoms with Crippen molar-refractivity contribution in [1.82, 2.24) is 10.2 Å². The summed E-state index contributed by atoms with van der Waals surface area (Å²) in [6, 6.07) is 6.42. The van der Waals surface area contributed by atoms with Crippen molar-refractivity contribution in [3.8, 4) is 5.75 Å². The fourth-order valence-electron chi connectivity index (χ4n) is 3.16. The van der Waals surface area contributed by atoms with Crippen LogP contribution in [0, 0.1) is 12.8 Å². The number of ether oxygens (including phenoxy) is 1. The molecule has 1 unspecified atom stereocenters. The predicted octanol–water partition coefficient (Wildman–Crippen LogP) is 3.22. The first-order chi connectivity index (χ1) is 10.2. The molecular weight excluding hydrogens is 260 g/mol. The number of likely N-dealkylation sites (tertiary alicyclic amines) is 1. The van der Waals surface area contributed by atoms with Crippen molar-refractivity contribution in [2.75, 3.05) is 33.3 Å². The quantitative estimate of drug-likeness (QED) is 0.834. The largest absolute Gasteiger partial charge is 0.496 e. The second kappa shape index (κ2) is 8.40. The van der Waals surface area contributed by atoms with Crippen LogP contribution in [0.1, 0.15) is 37.3 Å². The number of aryl methyl sites for hydroxylation is 1. The number of nitrogens with zero attached hydrogens (tertiary/aromatic N) is 1. The topological polar surface area (TPSA) is 24.5 Å². The molecule has 0 spiro atoms. The van der Waals surface area contributed by atoms with Crippen LogP contribution in [0.4, 0.5) is 0 Å². The van der Waals surface area contributed by atoms with Gasteiger partial charge in [-0.3, -0.25) is 0 Å². The zero-order chi connectivity index (χ0) is 15.1. The molecule has 1 heterocycles. The molecule has 0 amide bonds. The average molecular weight is 290 g/mol. The molecule has 118 valence electrons. The summed E-state index contributed by atoms with van der Waals surface area (Å²) in [5.74, 6) is 1.68. The lowest BCUT2D eigenvalue weighted by molar-refractivity contribution is 0.199. The normalized spacial score (nSPS) is 17.7. The van der Waals surface area contributed by atoms with E-state index in [1.165, 1.54) is 50.0 Å². The van der Waals surface area contributed by atoms with E-state index in [-0.39, 0.29) is 0 Å². The van der Waals surface area contributed by atoms with Gasteiger partial charge in [0.05, 0.1) is 7.11 Å². The summed E-state index contributed by atoms with van der Waals surface area (Å²) < 4.78 is 5.30. The van der Waals surface area contributed by atoms with Gasteiger partial charge in [-0.1, -0.05) is 25.5 Å². The van der Waals surface area contributed by atoms with Crippen molar-refractivity contribution in [3.63, 3.8) is 0 Å². The molecule has 1 atom stereocenters. The molecule has 1 aromatic rings. The van der Waals surface area contributed by atoms with Crippen molar-refractivity contribution in [2.45, 2.75) is 39.7 Å². The van der Waals surface area contributed by atoms with Crippen molar-refractivity contribution in [2.24, 2.45) is 5.92 Å². The summed E-state index contributed by atoms with van der Waals surface area (Å²) in [6.45, 7) is 10.3. The van der Waals surface area contributed by atoms with Gasteiger partial charge in [-0.25, -0.2) is 0 Å². The highest BCUT2D eigenvalue weighted by Crippen LogP contribution is 2.18. The van der Waals surface area contributed by atoms with Crippen LogP contribution in [0.15, 0.2) is 18.2 Å². The monoisotopic (exact) mass is 290 g/mol. The van der Waals surface area contributed by atoms with E-state index in [4.69, 9.17) is 4.74 Å². The number of rotatable bonds is 7. The van der Waals surface area contributed by atoms with Crippen LogP contribution >= 0.6 is 0 Å². The van der Waals surface area contributed by atoms with Crippen molar-refractivity contribution < 1.29 is 4.74 Å². The van der Waals surface area contributed by atoms with Gasteiger partial charge in [-0.15, -0.1) is 0 Å². The van der Waals surface area contributed by atoms with Crippen LogP contribution in [0.2, 0.25) is 0 Å². The minimum Gasteiger partial charge on any atom is -0.496 e. The fraction of sp³-hybridized carbons (Fsp3) is 0.667. The molecule has 0 aliphatic carbocycles. The third-order valence-electron chi connectivity index (χ3n) is 4.30. The van der Waals surface area contributed by atoms with E-state index >= 15 is 0 Å². The van der Waals surface area contributed by atoms with Gasteiger partial charge >= 0.3 is 0 Å². The maximum atomic E-state index is 5.30. The SMILES string of the molecule is COc1ccc(CNCC(C)CN2CCCCC2)cc1C. The van der Waals surface area contributed by atoms with Gasteiger partial charge in [-0.2, -0.15) is 0 Å². The zero-order valence-corrected chi connectivity index (χ0v) is 13.8. The molecule has 1 N–H and O–H groups in total. The number of piperidine rings is 1. The maximum Gasteiger partial charge on any atom is 0.121 e. The van der Waals surface area contributed by atoms with E-state index in [1.54, 1.807) is 7.11 Å². The van der Waals surface area contributed by atoms with E-state index in [2.05, 4.69) is 42.3 Å². The first kappa shape index (κ1) is 16.3. The highest BCUT2D eigenvalue weighted by molar-refractivity contribution is 5.36. The minimum atomic E-state index is 0.711. The van der Waals surface area contributed by atoms with Gasteiger partial charge in [0, 0.05) is 13.1 Å². The number of hydrogen-bond donors (Lipinski definition) is 1. The zero-order valence-electron chi connectivity index (χ0n) is 13.8. The lowest BCUT2D eigenvalue weighted by atomic mass is 10.1. The minimum absolute atomic E-state index is 0.711. The van der Waals surface area contributed by atoms with Crippen LogP contribution in [0.25, 0.3) is 0 Å². The van der Waals surface area contributed by atoms with Gasteiger partial charge in [0.25, 0.3) is 0 Å². The van der Waals surface area contributed by atoms with Crippen LogP contribution < -0.4 is 10.1 Å². The summed E-state index contributed by atoms with van der Waals surface area (Å²) in [4.78, 5) is 2.62. The smallest absolute Gasteiger partial charge is 0.121 e.